The Hall–Kier alpha value is -2.80. The molecule has 168 valence electrons. The van der Waals surface area contributed by atoms with E-state index in [-0.39, 0.29) is 12.1 Å². The van der Waals surface area contributed by atoms with Crippen LogP contribution in [0.15, 0.2) is 36.7 Å². The van der Waals surface area contributed by atoms with Crippen molar-refractivity contribution in [3.63, 3.8) is 0 Å². The molecule has 5 rings (SSSR count). The van der Waals surface area contributed by atoms with E-state index in [2.05, 4.69) is 30.9 Å². The maximum atomic E-state index is 12.3. The highest BCUT2D eigenvalue weighted by atomic mass is 35.5. The minimum absolute atomic E-state index is 0.0114. The molecule has 0 spiro atoms. The Morgan fingerprint density at radius 3 is 2.50 bits per heavy atom. The number of halogens is 1. The van der Waals surface area contributed by atoms with Crippen molar-refractivity contribution in [1.29, 1.82) is 0 Å². The van der Waals surface area contributed by atoms with Crippen LogP contribution < -0.4 is 16.0 Å². The molecule has 0 unspecified atom stereocenters. The van der Waals surface area contributed by atoms with Gasteiger partial charge in [-0.1, -0.05) is 24.4 Å². The van der Waals surface area contributed by atoms with E-state index in [0.29, 0.717) is 17.2 Å². The molecule has 2 aliphatic carbocycles. The summed E-state index contributed by atoms with van der Waals surface area (Å²) in [5.41, 5.74) is 2.92. The summed E-state index contributed by atoms with van der Waals surface area (Å²) in [6.07, 6.45) is 12.3. The number of aromatic amines is 1. The second-order valence-corrected chi connectivity index (χ2v) is 9.35. The molecule has 0 bridgehead atoms. The lowest BCUT2D eigenvalue weighted by molar-refractivity contribution is 0.228. The van der Waals surface area contributed by atoms with Crippen LogP contribution in [-0.4, -0.2) is 39.1 Å². The first-order chi connectivity index (χ1) is 15.6. The van der Waals surface area contributed by atoms with Gasteiger partial charge in [-0.3, -0.25) is 0 Å². The number of nitrogens with one attached hydrogen (secondary N) is 4. The zero-order chi connectivity index (χ0) is 21.9. The number of fused-ring (bicyclic) bond motifs is 1. The van der Waals surface area contributed by atoms with Gasteiger partial charge in [-0.05, 0) is 68.4 Å². The maximum Gasteiger partial charge on any atom is 0.315 e. The lowest BCUT2D eigenvalue weighted by Crippen LogP contribution is -2.47. The van der Waals surface area contributed by atoms with Crippen LogP contribution in [0.2, 0.25) is 5.15 Å². The monoisotopic (exact) mass is 452 g/mol. The van der Waals surface area contributed by atoms with Gasteiger partial charge in [-0.15, -0.1) is 0 Å². The highest BCUT2D eigenvalue weighted by molar-refractivity contribution is 6.29. The third-order valence-corrected chi connectivity index (χ3v) is 6.85. The van der Waals surface area contributed by atoms with Gasteiger partial charge in [0.15, 0.2) is 0 Å². The SMILES string of the molecule is O=C(NC1CCCC1)NC1CCC(Nc2cc(-c3c[nH]c4ncccc34)cc(Cl)n2)CC1. The van der Waals surface area contributed by atoms with Crippen molar-refractivity contribution in [2.75, 3.05) is 5.32 Å². The predicted molar refractivity (Wildman–Crippen MR) is 128 cm³/mol. The number of hydrogen-bond acceptors (Lipinski definition) is 4. The minimum Gasteiger partial charge on any atom is -0.367 e. The fraction of sp³-hybridized carbons (Fsp3) is 0.458. The molecule has 2 aliphatic rings. The van der Waals surface area contributed by atoms with Crippen molar-refractivity contribution in [2.45, 2.75) is 69.5 Å². The smallest absolute Gasteiger partial charge is 0.315 e. The molecule has 2 saturated carbocycles. The molecule has 3 heterocycles. The summed E-state index contributed by atoms with van der Waals surface area (Å²) in [5.74, 6) is 0.779. The van der Waals surface area contributed by atoms with Crippen molar-refractivity contribution in [2.24, 2.45) is 0 Å². The first-order valence-corrected chi connectivity index (χ1v) is 12.0. The number of aromatic nitrogens is 3. The number of carbonyl (C=O) groups excluding carboxylic acids is 1. The summed E-state index contributed by atoms with van der Waals surface area (Å²) in [5, 5.41) is 11.4. The van der Waals surface area contributed by atoms with Crippen LogP contribution in [0.25, 0.3) is 22.2 Å². The fourth-order valence-corrected chi connectivity index (χ4v) is 5.20. The molecule has 0 saturated heterocycles. The van der Waals surface area contributed by atoms with Gasteiger partial charge in [0.05, 0.1) is 0 Å². The zero-order valence-corrected chi connectivity index (χ0v) is 18.8. The second-order valence-electron chi connectivity index (χ2n) is 8.96. The Bertz CT molecular complexity index is 1090. The van der Waals surface area contributed by atoms with E-state index in [4.69, 9.17) is 11.6 Å². The van der Waals surface area contributed by atoms with Gasteiger partial charge in [0.25, 0.3) is 0 Å². The quantitative estimate of drug-likeness (QED) is 0.398. The van der Waals surface area contributed by atoms with E-state index in [1.54, 1.807) is 6.20 Å². The van der Waals surface area contributed by atoms with Crippen LogP contribution in [0.3, 0.4) is 0 Å². The largest absolute Gasteiger partial charge is 0.367 e. The fourth-order valence-electron chi connectivity index (χ4n) is 4.99. The van der Waals surface area contributed by atoms with E-state index in [9.17, 15) is 4.79 Å². The molecule has 0 aromatic carbocycles. The molecule has 3 aromatic heterocycles. The first-order valence-electron chi connectivity index (χ1n) is 11.6. The third-order valence-electron chi connectivity index (χ3n) is 6.66. The van der Waals surface area contributed by atoms with Gasteiger partial charge in [-0.2, -0.15) is 0 Å². The van der Waals surface area contributed by atoms with E-state index < -0.39 is 0 Å². The number of anilines is 1. The maximum absolute atomic E-state index is 12.3. The molecule has 32 heavy (non-hydrogen) atoms. The molecule has 2 fully saturated rings. The van der Waals surface area contributed by atoms with Crippen LogP contribution in [0.4, 0.5) is 10.6 Å². The van der Waals surface area contributed by atoms with Crippen molar-refractivity contribution < 1.29 is 4.79 Å². The predicted octanol–water partition coefficient (Wildman–Crippen LogP) is 5.24. The van der Waals surface area contributed by atoms with Crippen molar-refractivity contribution in [3.8, 4) is 11.1 Å². The topological polar surface area (TPSA) is 94.7 Å². The Labute approximate surface area is 192 Å². The molecule has 4 N–H and O–H groups in total. The van der Waals surface area contributed by atoms with Crippen LogP contribution >= 0.6 is 11.6 Å². The summed E-state index contributed by atoms with van der Waals surface area (Å²) in [4.78, 5) is 24.3. The van der Waals surface area contributed by atoms with Gasteiger partial charge in [0.1, 0.15) is 16.6 Å². The van der Waals surface area contributed by atoms with E-state index >= 15 is 0 Å². The van der Waals surface area contributed by atoms with E-state index in [0.717, 1.165) is 66.5 Å². The molecule has 0 radical (unpaired) electrons. The molecule has 7 nitrogen and oxygen atoms in total. The summed E-state index contributed by atoms with van der Waals surface area (Å²) in [6.45, 7) is 0. The highest BCUT2D eigenvalue weighted by Crippen LogP contribution is 2.31. The van der Waals surface area contributed by atoms with E-state index in [1.807, 2.05) is 30.5 Å². The molecule has 0 aliphatic heterocycles. The lowest BCUT2D eigenvalue weighted by atomic mass is 9.91. The zero-order valence-electron chi connectivity index (χ0n) is 18.0. The lowest BCUT2D eigenvalue weighted by Gasteiger charge is -2.30. The number of rotatable bonds is 5. The summed E-state index contributed by atoms with van der Waals surface area (Å²) in [6, 6.07) is 8.79. The van der Waals surface area contributed by atoms with Gasteiger partial charge in [0.2, 0.25) is 0 Å². The number of H-pyrrole nitrogens is 1. The number of nitrogens with zero attached hydrogens (tertiary/aromatic N) is 2. The Balaban J connectivity index is 1.19. The van der Waals surface area contributed by atoms with Gasteiger partial charge in [-0.25, -0.2) is 14.8 Å². The number of urea groups is 1. The number of amides is 2. The summed E-state index contributed by atoms with van der Waals surface area (Å²) in [7, 11) is 0. The Kier molecular flexibility index (Phi) is 6.17. The molecular formula is C24H29ClN6O. The van der Waals surface area contributed by atoms with E-state index in [1.165, 1.54) is 12.8 Å². The Morgan fingerprint density at radius 2 is 1.72 bits per heavy atom. The standard InChI is InChI=1S/C24H29ClN6O/c25-21-12-15(20-14-27-23-19(20)6-3-11-26-23)13-22(31-21)28-17-7-9-18(10-8-17)30-24(32)29-16-4-1-2-5-16/h3,6,11-14,16-18H,1-2,4-5,7-10H2,(H,26,27)(H,28,31)(H2,29,30,32). The average Bonchev–Trinajstić information content (AvgIpc) is 3.44. The van der Waals surface area contributed by atoms with Crippen molar-refractivity contribution in [1.82, 2.24) is 25.6 Å². The molecular weight excluding hydrogens is 424 g/mol. The first kappa shape index (κ1) is 21.1. The summed E-state index contributed by atoms with van der Waals surface area (Å²) >= 11 is 6.35. The van der Waals surface area contributed by atoms with Crippen molar-refractivity contribution in [3.05, 3.63) is 41.8 Å². The van der Waals surface area contributed by atoms with Gasteiger partial charge in [0, 0.05) is 41.5 Å². The molecule has 3 aromatic rings. The van der Waals surface area contributed by atoms with Crippen LogP contribution in [0.5, 0.6) is 0 Å². The summed E-state index contributed by atoms with van der Waals surface area (Å²) < 4.78 is 0. The average molecular weight is 453 g/mol. The number of hydrogen-bond donors (Lipinski definition) is 4. The minimum atomic E-state index is -0.0114. The molecule has 0 atom stereocenters. The van der Waals surface area contributed by atoms with Crippen LogP contribution in [0, 0.1) is 0 Å². The van der Waals surface area contributed by atoms with Crippen molar-refractivity contribution >= 4 is 34.5 Å². The van der Waals surface area contributed by atoms with Crippen LogP contribution in [0.1, 0.15) is 51.4 Å². The normalized spacial score (nSPS) is 21.5. The van der Waals surface area contributed by atoms with Gasteiger partial charge >= 0.3 is 6.03 Å². The highest BCUT2D eigenvalue weighted by Gasteiger charge is 2.24. The number of pyridine rings is 2. The van der Waals surface area contributed by atoms with Crippen LogP contribution in [-0.2, 0) is 0 Å². The molecule has 8 heteroatoms. The van der Waals surface area contributed by atoms with Gasteiger partial charge < -0.3 is 20.9 Å². The second kappa shape index (κ2) is 9.36. The number of carbonyl (C=O) groups is 1. The third kappa shape index (κ3) is 4.83. The molecule has 2 amide bonds. The Morgan fingerprint density at radius 1 is 1.00 bits per heavy atom.